The molecule has 0 heterocycles. The van der Waals surface area contributed by atoms with E-state index in [1.165, 1.54) is 0 Å². The van der Waals surface area contributed by atoms with E-state index in [0.29, 0.717) is 12.3 Å². The molecule has 1 unspecified atom stereocenters. The Morgan fingerprint density at radius 2 is 2.05 bits per heavy atom. The van der Waals surface area contributed by atoms with E-state index in [-0.39, 0.29) is 12.1 Å². The second kappa shape index (κ2) is 6.57. The summed E-state index contributed by atoms with van der Waals surface area (Å²) < 4.78 is 5.31. The van der Waals surface area contributed by atoms with Crippen LogP contribution in [0.15, 0.2) is 18.2 Å². The molecular weight excluding hydrogens is 254 g/mol. The molecule has 112 valence electrons. The van der Waals surface area contributed by atoms with Gasteiger partial charge in [-0.2, -0.15) is 0 Å². The van der Waals surface area contributed by atoms with E-state index in [2.05, 4.69) is 5.32 Å². The molecule has 0 radical (unpaired) electrons. The van der Waals surface area contributed by atoms with Gasteiger partial charge in [-0.25, -0.2) is 0 Å². The summed E-state index contributed by atoms with van der Waals surface area (Å²) in [6.45, 7) is 2.56. The lowest BCUT2D eigenvalue weighted by molar-refractivity contribution is 0.121. The number of benzene rings is 1. The van der Waals surface area contributed by atoms with Crippen LogP contribution >= 0.6 is 0 Å². The first-order valence-electron chi connectivity index (χ1n) is 7.29. The van der Waals surface area contributed by atoms with Gasteiger partial charge in [-0.1, -0.05) is 24.5 Å². The molecule has 4 heteroatoms. The summed E-state index contributed by atoms with van der Waals surface area (Å²) in [5.41, 5.74) is 1.68. The van der Waals surface area contributed by atoms with Crippen LogP contribution in [0.2, 0.25) is 0 Å². The number of aryl methyl sites for hydroxylation is 1. The zero-order valence-corrected chi connectivity index (χ0v) is 12.4. The second-order valence-corrected chi connectivity index (χ2v) is 5.79. The van der Waals surface area contributed by atoms with Crippen LogP contribution in [0.25, 0.3) is 0 Å². The maximum absolute atomic E-state index is 10.4. The Bertz CT molecular complexity index is 441. The molecule has 1 aromatic carbocycles. The molecule has 4 nitrogen and oxygen atoms in total. The largest absolute Gasteiger partial charge is 0.496 e. The molecule has 3 N–H and O–H groups in total. The Kier molecular flexibility index (Phi) is 5.02. The van der Waals surface area contributed by atoms with Crippen molar-refractivity contribution in [3.63, 3.8) is 0 Å². The average Bonchev–Trinajstić information content (AvgIpc) is 2.94. The quantitative estimate of drug-likeness (QED) is 0.744. The summed E-state index contributed by atoms with van der Waals surface area (Å²) in [5.74, 6) is 0.703. The van der Waals surface area contributed by atoms with Gasteiger partial charge in [0, 0.05) is 17.6 Å². The number of methoxy groups -OCH3 is 1. The number of β-amino-alcohol motifs (C(OH)–C–C–N with tert-alkyl or cyclic N) is 1. The third-order valence-corrected chi connectivity index (χ3v) is 4.28. The van der Waals surface area contributed by atoms with Gasteiger partial charge in [0.05, 0.1) is 19.8 Å². The molecule has 1 saturated carbocycles. The Labute approximate surface area is 120 Å². The van der Waals surface area contributed by atoms with Crippen molar-refractivity contribution in [1.82, 2.24) is 5.32 Å². The molecule has 1 aliphatic carbocycles. The molecule has 0 bridgehead atoms. The molecule has 0 saturated heterocycles. The fraction of sp³-hybridized carbons (Fsp3) is 0.625. The van der Waals surface area contributed by atoms with Crippen LogP contribution in [0.4, 0.5) is 0 Å². The number of hydrogen-bond acceptors (Lipinski definition) is 4. The smallest absolute Gasteiger partial charge is 0.124 e. The van der Waals surface area contributed by atoms with E-state index in [1.54, 1.807) is 7.11 Å². The lowest BCUT2D eigenvalue weighted by atomic mass is 9.97. The highest BCUT2D eigenvalue weighted by atomic mass is 16.5. The topological polar surface area (TPSA) is 61.7 Å². The fourth-order valence-corrected chi connectivity index (χ4v) is 2.98. The molecule has 1 aliphatic rings. The van der Waals surface area contributed by atoms with Gasteiger partial charge in [-0.05, 0) is 31.9 Å². The first kappa shape index (κ1) is 15.3. The van der Waals surface area contributed by atoms with Gasteiger partial charge in [0.25, 0.3) is 0 Å². The molecule has 0 amide bonds. The first-order valence-corrected chi connectivity index (χ1v) is 7.29. The van der Waals surface area contributed by atoms with Crippen molar-refractivity contribution in [2.24, 2.45) is 0 Å². The lowest BCUT2D eigenvalue weighted by Crippen LogP contribution is -2.47. The van der Waals surface area contributed by atoms with Gasteiger partial charge < -0.3 is 20.3 Å². The predicted octanol–water partition coefficient (Wildman–Crippen LogP) is 1.93. The second-order valence-electron chi connectivity index (χ2n) is 5.79. The SMILES string of the molecule is COc1ccc(C)cc1C(O)CNC1(CO)CCCC1. The van der Waals surface area contributed by atoms with Gasteiger partial charge in [-0.15, -0.1) is 0 Å². The maximum Gasteiger partial charge on any atom is 0.124 e. The Morgan fingerprint density at radius 1 is 1.35 bits per heavy atom. The highest BCUT2D eigenvalue weighted by molar-refractivity contribution is 5.38. The minimum Gasteiger partial charge on any atom is -0.496 e. The predicted molar refractivity (Wildman–Crippen MR) is 79.0 cm³/mol. The van der Waals surface area contributed by atoms with E-state index < -0.39 is 6.10 Å². The van der Waals surface area contributed by atoms with Crippen LogP contribution in [0.1, 0.15) is 42.9 Å². The van der Waals surface area contributed by atoms with Crippen LogP contribution < -0.4 is 10.1 Å². The summed E-state index contributed by atoms with van der Waals surface area (Å²) in [4.78, 5) is 0. The van der Waals surface area contributed by atoms with Crippen molar-refractivity contribution in [3.8, 4) is 5.75 Å². The van der Waals surface area contributed by atoms with E-state index in [0.717, 1.165) is 36.8 Å². The number of aliphatic hydroxyl groups is 2. The molecular formula is C16H25NO3. The molecule has 1 atom stereocenters. The molecule has 0 aliphatic heterocycles. The summed E-state index contributed by atoms with van der Waals surface area (Å²) >= 11 is 0. The number of aliphatic hydroxyl groups excluding tert-OH is 2. The Balaban J connectivity index is 2.04. The van der Waals surface area contributed by atoms with Crippen molar-refractivity contribution < 1.29 is 14.9 Å². The van der Waals surface area contributed by atoms with Gasteiger partial charge in [0.1, 0.15) is 5.75 Å². The van der Waals surface area contributed by atoms with Crippen molar-refractivity contribution in [2.45, 2.75) is 44.2 Å². The minimum absolute atomic E-state index is 0.130. The zero-order valence-electron chi connectivity index (χ0n) is 12.4. The normalized spacial score (nSPS) is 19.0. The first-order chi connectivity index (χ1) is 9.60. The third-order valence-electron chi connectivity index (χ3n) is 4.28. The van der Waals surface area contributed by atoms with Gasteiger partial charge in [-0.3, -0.25) is 0 Å². The monoisotopic (exact) mass is 279 g/mol. The van der Waals surface area contributed by atoms with Gasteiger partial charge in [0.15, 0.2) is 0 Å². The van der Waals surface area contributed by atoms with E-state index >= 15 is 0 Å². The van der Waals surface area contributed by atoms with Crippen LogP contribution in [-0.4, -0.2) is 36.0 Å². The minimum atomic E-state index is -0.631. The van der Waals surface area contributed by atoms with Crippen LogP contribution in [-0.2, 0) is 0 Å². The molecule has 0 aromatic heterocycles. The summed E-state index contributed by atoms with van der Waals surface area (Å²) in [5, 5.41) is 23.3. The zero-order chi connectivity index (χ0) is 14.6. The molecule has 0 spiro atoms. The van der Waals surface area contributed by atoms with Crippen molar-refractivity contribution in [3.05, 3.63) is 29.3 Å². The highest BCUT2D eigenvalue weighted by Gasteiger charge is 2.33. The maximum atomic E-state index is 10.4. The van der Waals surface area contributed by atoms with E-state index in [9.17, 15) is 10.2 Å². The van der Waals surface area contributed by atoms with Crippen molar-refractivity contribution >= 4 is 0 Å². The van der Waals surface area contributed by atoms with E-state index in [1.807, 2.05) is 25.1 Å². The van der Waals surface area contributed by atoms with E-state index in [4.69, 9.17) is 4.74 Å². The van der Waals surface area contributed by atoms with Gasteiger partial charge in [0.2, 0.25) is 0 Å². The Hall–Kier alpha value is -1.10. The average molecular weight is 279 g/mol. The number of rotatable bonds is 6. The number of nitrogens with one attached hydrogen (secondary N) is 1. The van der Waals surface area contributed by atoms with Crippen LogP contribution in [0, 0.1) is 6.92 Å². The highest BCUT2D eigenvalue weighted by Crippen LogP contribution is 2.31. The summed E-state index contributed by atoms with van der Waals surface area (Å²) in [6.07, 6.45) is 3.59. The van der Waals surface area contributed by atoms with Gasteiger partial charge >= 0.3 is 0 Å². The van der Waals surface area contributed by atoms with Crippen LogP contribution in [0.5, 0.6) is 5.75 Å². The number of hydrogen-bond donors (Lipinski definition) is 3. The third kappa shape index (κ3) is 3.32. The van der Waals surface area contributed by atoms with Crippen molar-refractivity contribution in [1.29, 1.82) is 0 Å². The lowest BCUT2D eigenvalue weighted by Gasteiger charge is -2.29. The molecule has 20 heavy (non-hydrogen) atoms. The molecule has 2 rings (SSSR count). The Morgan fingerprint density at radius 3 is 2.65 bits per heavy atom. The molecule has 1 aromatic rings. The number of ether oxygens (including phenoxy) is 1. The fourth-order valence-electron chi connectivity index (χ4n) is 2.98. The van der Waals surface area contributed by atoms with Crippen molar-refractivity contribution in [2.75, 3.05) is 20.3 Å². The molecule has 1 fully saturated rings. The standard InChI is InChI=1S/C16H25NO3/c1-12-5-6-15(20-2)13(9-12)14(19)10-17-16(11-18)7-3-4-8-16/h5-6,9,14,17-19H,3-4,7-8,10-11H2,1-2H3. The summed E-state index contributed by atoms with van der Waals surface area (Å²) in [7, 11) is 1.61. The summed E-state index contributed by atoms with van der Waals surface area (Å²) in [6, 6.07) is 5.80. The van der Waals surface area contributed by atoms with Crippen LogP contribution in [0.3, 0.4) is 0 Å².